The van der Waals surface area contributed by atoms with Crippen LogP contribution in [0.5, 0.6) is 0 Å². The maximum atomic E-state index is 12.1. The third-order valence-electron chi connectivity index (χ3n) is 4.14. The van der Waals surface area contributed by atoms with E-state index in [1.54, 1.807) is 4.90 Å². The Morgan fingerprint density at radius 1 is 1.29 bits per heavy atom. The molecule has 7 heteroatoms. The predicted molar refractivity (Wildman–Crippen MR) is 90.8 cm³/mol. The highest BCUT2D eigenvalue weighted by Crippen LogP contribution is 2.18. The summed E-state index contributed by atoms with van der Waals surface area (Å²) in [6.07, 6.45) is 3.09. The maximum Gasteiger partial charge on any atom is 0.409 e. The number of piperidine rings is 1. The summed E-state index contributed by atoms with van der Waals surface area (Å²) in [6, 6.07) is 7.87. The number of nitrogens with zero attached hydrogens (tertiary/aromatic N) is 2. The number of ether oxygens (including phenoxy) is 1. The van der Waals surface area contributed by atoms with Crippen LogP contribution >= 0.6 is 0 Å². The van der Waals surface area contributed by atoms with Gasteiger partial charge in [-0.15, -0.1) is 0 Å². The topological polar surface area (TPSA) is 86.8 Å². The second-order valence-electron chi connectivity index (χ2n) is 5.71. The summed E-state index contributed by atoms with van der Waals surface area (Å²) in [5.41, 5.74) is 5.47. The number of fused-ring (bicyclic) bond motifs is 1. The van der Waals surface area contributed by atoms with Crippen LogP contribution in [0.2, 0.25) is 0 Å². The zero-order valence-electron chi connectivity index (χ0n) is 13.5. The number of hydrazone groups is 1. The number of rotatable bonds is 3. The van der Waals surface area contributed by atoms with Crippen molar-refractivity contribution in [1.82, 2.24) is 15.3 Å². The Morgan fingerprint density at radius 3 is 2.79 bits per heavy atom. The molecule has 0 atom stereocenters. The first kappa shape index (κ1) is 16.0. The second kappa shape index (κ2) is 7.16. The number of aromatic nitrogens is 1. The van der Waals surface area contributed by atoms with Crippen molar-refractivity contribution in [2.45, 2.75) is 19.3 Å². The molecule has 7 nitrogen and oxygen atoms in total. The summed E-state index contributed by atoms with van der Waals surface area (Å²) in [5.74, 6) is -0.150. The molecule has 126 valence electrons. The molecule has 1 fully saturated rings. The maximum absolute atomic E-state index is 12.1. The van der Waals surface area contributed by atoms with E-state index in [0.29, 0.717) is 25.9 Å². The number of likely N-dealkylation sites (tertiary alicyclic amines) is 1. The molecule has 1 aromatic heterocycles. The van der Waals surface area contributed by atoms with Gasteiger partial charge in [-0.2, -0.15) is 5.10 Å². The van der Waals surface area contributed by atoms with Crippen LogP contribution in [0.25, 0.3) is 10.9 Å². The number of benzene rings is 1. The standard InChI is InChI=1S/C17H20N4O3/c1-24-17(23)21-8-6-13(7-9-21)19-20-16(22)10-12-11-18-15-5-3-2-4-14(12)15/h2-5,11,18H,6-10H2,1H3,(H,20,22). The minimum Gasteiger partial charge on any atom is -0.453 e. The molecule has 2 N–H and O–H groups in total. The molecule has 0 radical (unpaired) electrons. The van der Waals surface area contributed by atoms with E-state index in [0.717, 1.165) is 22.2 Å². The van der Waals surface area contributed by atoms with Crippen LogP contribution in [0.4, 0.5) is 4.79 Å². The Bertz CT molecular complexity index is 771. The lowest BCUT2D eigenvalue weighted by Gasteiger charge is -2.26. The lowest BCUT2D eigenvalue weighted by Crippen LogP contribution is -2.39. The van der Waals surface area contributed by atoms with Crippen LogP contribution in [-0.4, -0.2) is 47.8 Å². The van der Waals surface area contributed by atoms with Crippen molar-refractivity contribution >= 4 is 28.6 Å². The molecule has 0 saturated carbocycles. The Balaban J connectivity index is 1.53. The summed E-state index contributed by atoms with van der Waals surface area (Å²) in [4.78, 5) is 28.3. The van der Waals surface area contributed by atoms with E-state index in [-0.39, 0.29) is 18.4 Å². The molecular weight excluding hydrogens is 308 g/mol. The highest BCUT2D eigenvalue weighted by molar-refractivity contribution is 5.91. The molecule has 1 aromatic carbocycles. The third-order valence-corrected chi connectivity index (χ3v) is 4.14. The number of carbonyl (C=O) groups is 2. The van der Waals surface area contributed by atoms with E-state index in [1.807, 2.05) is 30.5 Å². The normalized spacial score (nSPS) is 14.5. The Morgan fingerprint density at radius 2 is 2.04 bits per heavy atom. The summed E-state index contributed by atoms with van der Waals surface area (Å²) < 4.78 is 4.69. The molecule has 0 spiro atoms. The van der Waals surface area contributed by atoms with Gasteiger partial charge in [0, 0.05) is 48.7 Å². The number of nitrogens with one attached hydrogen (secondary N) is 2. The lowest BCUT2D eigenvalue weighted by molar-refractivity contribution is -0.120. The number of amides is 2. The SMILES string of the molecule is COC(=O)N1CCC(=NNC(=O)Cc2c[nH]c3ccccc23)CC1. The van der Waals surface area contributed by atoms with Crippen LogP contribution in [0, 0.1) is 0 Å². The summed E-state index contributed by atoms with van der Waals surface area (Å²) in [7, 11) is 1.37. The average Bonchev–Trinajstić information content (AvgIpc) is 3.03. The lowest BCUT2D eigenvalue weighted by atomic mass is 10.1. The molecular formula is C17H20N4O3. The van der Waals surface area contributed by atoms with Crippen molar-refractivity contribution in [3.05, 3.63) is 36.0 Å². The zero-order valence-corrected chi connectivity index (χ0v) is 13.5. The van der Waals surface area contributed by atoms with Crippen molar-refractivity contribution in [2.75, 3.05) is 20.2 Å². The van der Waals surface area contributed by atoms with Crippen LogP contribution in [0.3, 0.4) is 0 Å². The van der Waals surface area contributed by atoms with E-state index in [2.05, 4.69) is 15.5 Å². The first-order valence-electron chi connectivity index (χ1n) is 7.89. The van der Waals surface area contributed by atoms with Gasteiger partial charge in [0.05, 0.1) is 13.5 Å². The van der Waals surface area contributed by atoms with Gasteiger partial charge < -0.3 is 14.6 Å². The number of methoxy groups -OCH3 is 1. The fourth-order valence-corrected chi connectivity index (χ4v) is 2.82. The minimum absolute atomic E-state index is 0.150. The van der Waals surface area contributed by atoms with Gasteiger partial charge in [-0.05, 0) is 11.6 Å². The average molecular weight is 328 g/mol. The molecule has 2 heterocycles. The number of hydrogen-bond acceptors (Lipinski definition) is 4. The van der Waals surface area contributed by atoms with Crippen molar-refractivity contribution in [3.63, 3.8) is 0 Å². The van der Waals surface area contributed by atoms with E-state index in [9.17, 15) is 9.59 Å². The molecule has 3 rings (SSSR count). The predicted octanol–water partition coefficient (Wildman–Crippen LogP) is 2.04. The molecule has 2 amide bonds. The van der Waals surface area contributed by atoms with Gasteiger partial charge in [0.1, 0.15) is 0 Å². The van der Waals surface area contributed by atoms with Crippen LogP contribution < -0.4 is 5.43 Å². The van der Waals surface area contributed by atoms with Crippen molar-refractivity contribution in [3.8, 4) is 0 Å². The smallest absolute Gasteiger partial charge is 0.409 e. The van der Waals surface area contributed by atoms with Gasteiger partial charge in [-0.1, -0.05) is 18.2 Å². The van der Waals surface area contributed by atoms with E-state index in [4.69, 9.17) is 4.74 Å². The number of aromatic amines is 1. The number of carbonyl (C=O) groups excluding carboxylic acids is 2. The van der Waals surface area contributed by atoms with Gasteiger partial charge in [-0.3, -0.25) is 4.79 Å². The minimum atomic E-state index is -0.322. The van der Waals surface area contributed by atoms with Crippen molar-refractivity contribution in [1.29, 1.82) is 0 Å². The van der Waals surface area contributed by atoms with Crippen LogP contribution in [-0.2, 0) is 16.0 Å². The largest absolute Gasteiger partial charge is 0.453 e. The van der Waals surface area contributed by atoms with Crippen LogP contribution in [0.15, 0.2) is 35.6 Å². The fraction of sp³-hybridized carbons (Fsp3) is 0.353. The molecule has 0 aliphatic carbocycles. The summed E-state index contributed by atoms with van der Waals surface area (Å²) in [6.45, 7) is 1.12. The molecule has 0 unspecified atom stereocenters. The van der Waals surface area contributed by atoms with Gasteiger partial charge in [0.2, 0.25) is 5.91 Å². The molecule has 1 aliphatic heterocycles. The highest BCUT2D eigenvalue weighted by atomic mass is 16.5. The second-order valence-corrected chi connectivity index (χ2v) is 5.71. The number of hydrogen-bond donors (Lipinski definition) is 2. The van der Waals surface area contributed by atoms with Gasteiger partial charge in [-0.25, -0.2) is 10.2 Å². The monoisotopic (exact) mass is 328 g/mol. The fourth-order valence-electron chi connectivity index (χ4n) is 2.82. The van der Waals surface area contributed by atoms with E-state index in [1.165, 1.54) is 7.11 Å². The van der Waals surface area contributed by atoms with Gasteiger partial charge in [0.15, 0.2) is 0 Å². The van der Waals surface area contributed by atoms with Crippen molar-refractivity contribution in [2.24, 2.45) is 5.10 Å². The molecule has 1 aliphatic rings. The third kappa shape index (κ3) is 3.56. The number of H-pyrrole nitrogens is 1. The number of para-hydroxylation sites is 1. The van der Waals surface area contributed by atoms with E-state index < -0.39 is 0 Å². The van der Waals surface area contributed by atoms with Crippen molar-refractivity contribution < 1.29 is 14.3 Å². The Kier molecular flexibility index (Phi) is 4.79. The van der Waals surface area contributed by atoms with Gasteiger partial charge >= 0.3 is 6.09 Å². The first-order chi connectivity index (χ1) is 11.7. The molecule has 1 saturated heterocycles. The van der Waals surface area contributed by atoms with Crippen LogP contribution in [0.1, 0.15) is 18.4 Å². The highest BCUT2D eigenvalue weighted by Gasteiger charge is 2.20. The summed E-state index contributed by atoms with van der Waals surface area (Å²) in [5, 5.41) is 5.24. The van der Waals surface area contributed by atoms with Gasteiger partial charge in [0.25, 0.3) is 0 Å². The Hall–Kier alpha value is -2.83. The first-order valence-corrected chi connectivity index (χ1v) is 7.89. The quantitative estimate of drug-likeness (QED) is 0.845. The Labute approximate surface area is 139 Å². The zero-order chi connectivity index (χ0) is 16.9. The molecule has 0 bridgehead atoms. The molecule has 2 aromatic rings. The molecule has 24 heavy (non-hydrogen) atoms. The summed E-state index contributed by atoms with van der Waals surface area (Å²) >= 11 is 0. The van der Waals surface area contributed by atoms with E-state index >= 15 is 0 Å².